The van der Waals surface area contributed by atoms with Crippen LogP contribution in [0, 0.1) is 12.8 Å². The zero-order valence-electron chi connectivity index (χ0n) is 15.0. The van der Waals surface area contributed by atoms with Crippen LogP contribution in [0.3, 0.4) is 0 Å². The molecule has 1 saturated heterocycles. The van der Waals surface area contributed by atoms with Gasteiger partial charge in [-0.05, 0) is 50.8 Å². The smallest absolute Gasteiger partial charge is 0.248 e. The van der Waals surface area contributed by atoms with Crippen molar-refractivity contribution in [2.24, 2.45) is 5.92 Å². The number of aryl methyl sites for hydroxylation is 1. The van der Waals surface area contributed by atoms with Crippen LogP contribution in [-0.4, -0.2) is 27.4 Å². The first-order valence-corrected chi connectivity index (χ1v) is 9.18. The van der Waals surface area contributed by atoms with Crippen molar-refractivity contribution >= 4 is 11.4 Å². The van der Waals surface area contributed by atoms with E-state index >= 15 is 0 Å². The molecule has 1 spiro atoms. The first kappa shape index (κ1) is 15.1. The SMILES string of the molecule is Cc1cccn2c(C(C)(C)NC(=O)C3=C4CN[C@]45CCCC35)ncc12. The summed E-state index contributed by atoms with van der Waals surface area (Å²) in [5, 5.41) is 6.83. The number of fused-ring (bicyclic) bond motifs is 1. The zero-order chi connectivity index (χ0) is 17.4. The van der Waals surface area contributed by atoms with Crippen molar-refractivity contribution in [3.05, 3.63) is 47.1 Å². The monoisotopic (exact) mass is 336 g/mol. The molecule has 2 aliphatic carbocycles. The molecule has 25 heavy (non-hydrogen) atoms. The number of nitrogens with one attached hydrogen (secondary N) is 2. The summed E-state index contributed by atoms with van der Waals surface area (Å²) in [6.45, 7) is 7.03. The molecule has 3 heterocycles. The van der Waals surface area contributed by atoms with Gasteiger partial charge in [0.15, 0.2) is 0 Å². The molecule has 2 atom stereocenters. The van der Waals surface area contributed by atoms with Crippen LogP contribution in [0.15, 0.2) is 35.7 Å². The summed E-state index contributed by atoms with van der Waals surface area (Å²) in [6, 6.07) is 4.10. The second-order valence-electron chi connectivity index (χ2n) is 8.27. The Hall–Kier alpha value is -2.14. The second-order valence-corrected chi connectivity index (χ2v) is 8.27. The van der Waals surface area contributed by atoms with Crippen LogP contribution in [-0.2, 0) is 10.3 Å². The summed E-state index contributed by atoms with van der Waals surface area (Å²) in [5.41, 5.74) is 4.33. The first-order valence-electron chi connectivity index (χ1n) is 9.18. The van der Waals surface area contributed by atoms with E-state index in [1.165, 1.54) is 24.0 Å². The Kier molecular flexibility index (Phi) is 2.86. The fourth-order valence-electron chi connectivity index (χ4n) is 5.17. The van der Waals surface area contributed by atoms with Gasteiger partial charge in [-0.2, -0.15) is 0 Å². The molecule has 5 nitrogen and oxygen atoms in total. The predicted octanol–water partition coefficient (Wildman–Crippen LogP) is 2.45. The molecule has 2 N–H and O–H groups in total. The average Bonchev–Trinajstić information content (AvgIpc) is 3.15. The third kappa shape index (κ3) is 1.82. The van der Waals surface area contributed by atoms with E-state index in [1.54, 1.807) is 0 Å². The number of carbonyl (C=O) groups is 1. The number of amides is 1. The molecule has 0 radical (unpaired) electrons. The highest BCUT2D eigenvalue weighted by atomic mass is 16.2. The minimum absolute atomic E-state index is 0.0911. The Morgan fingerprint density at radius 2 is 2.32 bits per heavy atom. The number of imidazole rings is 1. The van der Waals surface area contributed by atoms with Gasteiger partial charge in [0.2, 0.25) is 5.91 Å². The van der Waals surface area contributed by atoms with Gasteiger partial charge in [-0.25, -0.2) is 4.98 Å². The van der Waals surface area contributed by atoms with Crippen LogP contribution in [0.5, 0.6) is 0 Å². The summed E-state index contributed by atoms with van der Waals surface area (Å²) < 4.78 is 2.08. The lowest BCUT2D eigenvalue weighted by molar-refractivity contribution is -0.121. The van der Waals surface area contributed by atoms with Gasteiger partial charge >= 0.3 is 0 Å². The number of aromatic nitrogens is 2. The summed E-state index contributed by atoms with van der Waals surface area (Å²) in [7, 11) is 0. The van der Waals surface area contributed by atoms with Crippen molar-refractivity contribution < 1.29 is 4.79 Å². The Labute approximate surface area is 147 Å². The molecular formula is C20H24N4O. The summed E-state index contributed by atoms with van der Waals surface area (Å²) in [4.78, 5) is 17.7. The topological polar surface area (TPSA) is 58.4 Å². The molecule has 0 bridgehead atoms. The highest BCUT2D eigenvalue weighted by molar-refractivity contribution is 5.99. The Balaban J connectivity index is 1.46. The van der Waals surface area contributed by atoms with Crippen molar-refractivity contribution in [2.45, 2.75) is 51.1 Å². The minimum atomic E-state index is -0.529. The number of pyridine rings is 1. The standard InChI is InChI=1S/C20H24N4O/c1-12-6-5-9-24-15(12)11-21-18(24)19(2,3)23-17(25)16-13-7-4-8-20(13)14(16)10-22-20/h5-6,9,11,13,22H,4,7-8,10H2,1-3H3,(H,23,25)/t13?,20-/m0/s1. The molecule has 5 heteroatoms. The highest BCUT2D eigenvalue weighted by Crippen LogP contribution is 2.58. The molecule has 130 valence electrons. The van der Waals surface area contributed by atoms with Gasteiger partial charge in [0.25, 0.3) is 0 Å². The zero-order valence-corrected chi connectivity index (χ0v) is 15.0. The van der Waals surface area contributed by atoms with Crippen molar-refractivity contribution in [2.75, 3.05) is 6.54 Å². The largest absolute Gasteiger partial charge is 0.340 e. The van der Waals surface area contributed by atoms with E-state index < -0.39 is 5.54 Å². The van der Waals surface area contributed by atoms with Crippen molar-refractivity contribution in [1.29, 1.82) is 0 Å². The van der Waals surface area contributed by atoms with Crippen molar-refractivity contribution in [3.8, 4) is 0 Å². The molecule has 1 unspecified atom stereocenters. The van der Waals surface area contributed by atoms with Crippen LogP contribution >= 0.6 is 0 Å². The molecule has 2 aromatic rings. The normalized spacial score (nSPS) is 27.6. The first-order chi connectivity index (χ1) is 11.9. The van der Waals surface area contributed by atoms with E-state index in [-0.39, 0.29) is 11.4 Å². The second kappa shape index (κ2) is 4.73. The van der Waals surface area contributed by atoms with Crippen LogP contribution < -0.4 is 10.6 Å². The minimum Gasteiger partial charge on any atom is -0.340 e. The van der Waals surface area contributed by atoms with Gasteiger partial charge in [-0.1, -0.05) is 12.5 Å². The maximum Gasteiger partial charge on any atom is 0.248 e. The maximum atomic E-state index is 13.0. The number of carbonyl (C=O) groups excluding carboxylic acids is 1. The van der Waals surface area contributed by atoms with Gasteiger partial charge in [0, 0.05) is 29.8 Å². The quantitative estimate of drug-likeness (QED) is 0.905. The van der Waals surface area contributed by atoms with E-state index in [1.807, 2.05) is 32.3 Å². The Bertz CT molecular complexity index is 938. The number of rotatable bonds is 3. The van der Waals surface area contributed by atoms with Crippen molar-refractivity contribution in [1.82, 2.24) is 20.0 Å². The van der Waals surface area contributed by atoms with E-state index in [2.05, 4.69) is 33.0 Å². The van der Waals surface area contributed by atoms with Gasteiger partial charge in [0.05, 0.1) is 17.3 Å². The van der Waals surface area contributed by atoms with E-state index in [0.717, 1.165) is 29.9 Å². The molecular weight excluding hydrogens is 312 g/mol. The van der Waals surface area contributed by atoms with E-state index in [9.17, 15) is 4.79 Å². The lowest BCUT2D eigenvalue weighted by Gasteiger charge is -2.57. The van der Waals surface area contributed by atoms with Crippen LogP contribution in [0.2, 0.25) is 0 Å². The van der Waals surface area contributed by atoms with Crippen LogP contribution in [0.4, 0.5) is 0 Å². The molecule has 2 fully saturated rings. The highest BCUT2D eigenvalue weighted by Gasteiger charge is 2.62. The number of nitrogens with zero attached hydrogens (tertiary/aromatic N) is 2. The molecule has 0 aromatic carbocycles. The molecule has 5 rings (SSSR count). The fourth-order valence-corrected chi connectivity index (χ4v) is 5.17. The summed E-state index contributed by atoms with van der Waals surface area (Å²) in [5.74, 6) is 1.37. The van der Waals surface area contributed by atoms with Gasteiger partial charge in [-0.3, -0.25) is 4.79 Å². The third-order valence-electron chi connectivity index (χ3n) is 6.46. The van der Waals surface area contributed by atoms with Crippen LogP contribution in [0.25, 0.3) is 5.52 Å². The summed E-state index contributed by atoms with van der Waals surface area (Å²) >= 11 is 0. The number of hydrogen-bond donors (Lipinski definition) is 2. The van der Waals surface area contributed by atoms with Crippen LogP contribution in [0.1, 0.15) is 44.5 Å². The number of hydrogen-bond acceptors (Lipinski definition) is 3. The molecule has 2 aromatic heterocycles. The van der Waals surface area contributed by atoms with Gasteiger partial charge in [-0.15, -0.1) is 0 Å². The molecule has 1 amide bonds. The molecule has 3 aliphatic rings. The predicted molar refractivity (Wildman–Crippen MR) is 96.2 cm³/mol. The fraction of sp³-hybridized carbons (Fsp3) is 0.500. The average molecular weight is 336 g/mol. The lowest BCUT2D eigenvalue weighted by Crippen LogP contribution is -2.70. The lowest BCUT2D eigenvalue weighted by atomic mass is 9.58. The summed E-state index contributed by atoms with van der Waals surface area (Å²) in [6.07, 6.45) is 7.44. The Morgan fingerprint density at radius 3 is 3.08 bits per heavy atom. The molecule has 1 saturated carbocycles. The van der Waals surface area contributed by atoms with Crippen molar-refractivity contribution in [3.63, 3.8) is 0 Å². The van der Waals surface area contributed by atoms with Gasteiger partial charge < -0.3 is 15.0 Å². The van der Waals surface area contributed by atoms with E-state index in [0.29, 0.717) is 5.92 Å². The van der Waals surface area contributed by atoms with Gasteiger partial charge in [0.1, 0.15) is 5.82 Å². The molecule has 1 aliphatic heterocycles. The van der Waals surface area contributed by atoms with E-state index in [4.69, 9.17) is 0 Å². The maximum absolute atomic E-state index is 13.0. The Morgan fingerprint density at radius 1 is 1.48 bits per heavy atom. The third-order valence-corrected chi connectivity index (χ3v) is 6.46.